The lowest BCUT2D eigenvalue weighted by molar-refractivity contribution is 0.322. The third kappa shape index (κ3) is 2.30. The number of nitrogens with zero attached hydrogens (tertiary/aromatic N) is 3. The molecule has 5 heteroatoms. The van der Waals surface area contributed by atoms with Crippen LogP contribution in [0.1, 0.15) is 11.1 Å². The van der Waals surface area contributed by atoms with Crippen molar-refractivity contribution in [3.8, 4) is 0 Å². The molecule has 1 saturated heterocycles. The van der Waals surface area contributed by atoms with E-state index in [0.717, 1.165) is 43.1 Å². The van der Waals surface area contributed by atoms with Gasteiger partial charge in [-0.15, -0.1) is 0 Å². The van der Waals surface area contributed by atoms with Gasteiger partial charge in [0.05, 0.1) is 6.21 Å². The summed E-state index contributed by atoms with van der Waals surface area (Å²) in [5.41, 5.74) is 1.92. The molecule has 1 aliphatic heterocycles. The molecule has 0 amide bonds. The van der Waals surface area contributed by atoms with Gasteiger partial charge in [-0.25, -0.2) is 4.98 Å². The van der Waals surface area contributed by atoms with E-state index in [1.54, 1.807) is 6.20 Å². The summed E-state index contributed by atoms with van der Waals surface area (Å²) in [5.74, 6) is 0.995. The van der Waals surface area contributed by atoms with E-state index in [9.17, 15) is 0 Å². The summed E-state index contributed by atoms with van der Waals surface area (Å²) in [6.07, 6.45) is 3.15. The standard InChI is InChI=1S/C11H16N4O/c1-9-6-11(13-7-10(9)8-14-16)15-4-2-12-3-5-15/h6-8,12,16H,2-5H2,1H3/b14-8+. The average Bonchev–Trinajstić information content (AvgIpc) is 2.33. The molecule has 0 atom stereocenters. The second kappa shape index (κ2) is 4.94. The fourth-order valence-electron chi connectivity index (χ4n) is 1.82. The molecule has 5 nitrogen and oxygen atoms in total. The lowest BCUT2D eigenvalue weighted by Crippen LogP contribution is -2.43. The molecule has 0 spiro atoms. The molecule has 1 aromatic heterocycles. The number of nitrogens with one attached hydrogen (secondary N) is 1. The first kappa shape index (κ1) is 10.9. The van der Waals surface area contributed by atoms with Gasteiger partial charge < -0.3 is 15.4 Å². The molecule has 2 heterocycles. The van der Waals surface area contributed by atoms with Crippen LogP contribution in [-0.2, 0) is 0 Å². The first-order valence-corrected chi connectivity index (χ1v) is 5.41. The van der Waals surface area contributed by atoms with Crippen LogP contribution >= 0.6 is 0 Å². The molecular weight excluding hydrogens is 204 g/mol. The summed E-state index contributed by atoms with van der Waals surface area (Å²) in [4.78, 5) is 6.63. The molecule has 16 heavy (non-hydrogen) atoms. The highest BCUT2D eigenvalue weighted by atomic mass is 16.4. The van der Waals surface area contributed by atoms with Crippen molar-refractivity contribution in [2.24, 2.45) is 5.16 Å². The first-order valence-electron chi connectivity index (χ1n) is 5.41. The topological polar surface area (TPSA) is 60.8 Å². The van der Waals surface area contributed by atoms with Crippen molar-refractivity contribution in [2.75, 3.05) is 31.1 Å². The van der Waals surface area contributed by atoms with Crippen LogP contribution in [0.25, 0.3) is 0 Å². The molecule has 1 aromatic rings. The lowest BCUT2D eigenvalue weighted by atomic mass is 10.1. The van der Waals surface area contributed by atoms with Crippen molar-refractivity contribution in [1.82, 2.24) is 10.3 Å². The van der Waals surface area contributed by atoms with Gasteiger partial charge in [-0.3, -0.25) is 0 Å². The fraction of sp³-hybridized carbons (Fsp3) is 0.455. The Labute approximate surface area is 94.8 Å². The normalized spacial score (nSPS) is 16.9. The number of hydrogen-bond donors (Lipinski definition) is 2. The monoisotopic (exact) mass is 220 g/mol. The Balaban J connectivity index is 2.19. The second-order valence-electron chi connectivity index (χ2n) is 3.88. The average molecular weight is 220 g/mol. The Kier molecular flexibility index (Phi) is 3.36. The number of rotatable bonds is 2. The number of anilines is 1. The second-order valence-corrected chi connectivity index (χ2v) is 3.88. The summed E-state index contributed by atoms with van der Waals surface area (Å²) in [6.45, 7) is 5.96. The van der Waals surface area contributed by atoms with E-state index in [1.807, 2.05) is 13.0 Å². The number of aryl methyl sites for hydroxylation is 1. The van der Waals surface area contributed by atoms with Gasteiger partial charge in [0.25, 0.3) is 0 Å². The van der Waals surface area contributed by atoms with Gasteiger partial charge in [-0.05, 0) is 18.6 Å². The maximum atomic E-state index is 8.49. The zero-order valence-corrected chi connectivity index (χ0v) is 9.35. The van der Waals surface area contributed by atoms with Gasteiger partial charge in [0.15, 0.2) is 0 Å². The van der Waals surface area contributed by atoms with Crippen LogP contribution in [0.3, 0.4) is 0 Å². The maximum Gasteiger partial charge on any atom is 0.128 e. The molecular formula is C11H16N4O. The fourth-order valence-corrected chi connectivity index (χ4v) is 1.82. The molecule has 86 valence electrons. The number of pyridine rings is 1. The highest BCUT2D eigenvalue weighted by Gasteiger charge is 2.12. The highest BCUT2D eigenvalue weighted by molar-refractivity contribution is 5.81. The van der Waals surface area contributed by atoms with Crippen molar-refractivity contribution in [3.63, 3.8) is 0 Å². The first-order chi connectivity index (χ1) is 7.81. The zero-order chi connectivity index (χ0) is 11.4. The van der Waals surface area contributed by atoms with E-state index in [1.165, 1.54) is 6.21 Å². The molecule has 0 radical (unpaired) electrons. The molecule has 2 rings (SSSR count). The quantitative estimate of drug-likeness (QED) is 0.435. The van der Waals surface area contributed by atoms with E-state index >= 15 is 0 Å². The Morgan fingerprint density at radius 1 is 1.50 bits per heavy atom. The third-order valence-corrected chi connectivity index (χ3v) is 2.77. The van der Waals surface area contributed by atoms with Crippen LogP contribution < -0.4 is 10.2 Å². The zero-order valence-electron chi connectivity index (χ0n) is 9.35. The molecule has 0 unspecified atom stereocenters. The predicted molar refractivity (Wildman–Crippen MR) is 63.4 cm³/mol. The third-order valence-electron chi connectivity index (χ3n) is 2.77. The number of oxime groups is 1. The van der Waals surface area contributed by atoms with Crippen LogP contribution in [0.4, 0.5) is 5.82 Å². The van der Waals surface area contributed by atoms with Gasteiger partial charge in [0.1, 0.15) is 5.82 Å². The summed E-state index contributed by atoms with van der Waals surface area (Å²) in [6, 6.07) is 2.03. The van der Waals surface area contributed by atoms with Gasteiger partial charge in [0.2, 0.25) is 0 Å². The SMILES string of the molecule is Cc1cc(N2CCNCC2)ncc1/C=N/O. The van der Waals surface area contributed by atoms with Crippen LogP contribution in [-0.4, -0.2) is 42.6 Å². The molecule has 2 N–H and O–H groups in total. The van der Waals surface area contributed by atoms with Crippen LogP contribution in [0.5, 0.6) is 0 Å². The smallest absolute Gasteiger partial charge is 0.128 e. The molecule has 0 bridgehead atoms. The van der Waals surface area contributed by atoms with Crippen molar-refractivity contribution in [1.29, 1.82) is 0 Å². The summed E-state index contributed by atoms with van der Waals surface area (Å²) in [5, 5.41) is 14.8. The van der Waals surface area contributed by atoms with E-state index in [4.69, 9.17) is 5.21 Å². The minimum absolute atomic E-state index is 0.849. The minimum Gasteiger partial charge on any atom is -0.411 e. The van der Waals surface area contributed by atoms with E-state index < -0.39 is 0 Å². The van der Waals surface area contributed by atoms with Crippen molar-refractivity contribution in [2.45, 2.75) is 6.92 Å². The molecule has 1 aliphatic rings. The van der Waals surface area contributed by atoms with Crippen molar-refractivity contribution < 1.29 is 5.21 Å². The number of aromatic nitrogens is 1. The molecule has 0 aromatic carbocycles. The Hall–Kier alpha value is -1.62. The number of hydrogen-bond acceptors (Lipinski definition) is 5. The van der Waals surface area contributed by atoms with Crippen LogP contribution in [0.2, 0.25) is 0 Å². The molecule has 1 fully saturated rings. The van der Waals surface area contributed by atoms with Gasteiger partial charge in [-0.2, -0.15) is 0 Å². The van der Waals surface area contributed by atoms with Gasteiger partial charge in [0, 0.05) is 37.9 Å². The van der Waals surface area contributed by atoms with Gasteiger partial charge in [-0.1, -0.05) is 5.16 Å². The molecule has 0 saturated carbocycles. The lowest BCUT2D eigenvalue weighted by Gasteiger charge is -2.28. The van der Waals surface area contributed by atoms with Gasteiger partial charge >= 0.3 is 0 Å². The predicted octanol–water partition coefficient (Wildman–Crippen LogP) is 0.608. The van der Waals surface area contributed by atoms with Crippen LogP contribution in [0, 0.1) is 6.92 Å². The van der Waals surface area contributed by atoms with E-state index in [-0.39, 0.29) is 0 Å². The van der Waals surface area contributed by atoms with E-state index in [0.29, 0.717) is 0 Å². The minimum atomic E-state index is 0.849. The maximum absolute atomic E-state index is 8.49. The summed E-state index contributed by atoms with van der Waals surface area (Å²) < 4.78 is 0. The molecule has 0 aliphatic carbocycles. The summed E-state index contributed by atoms with van der Waals surface area (Å²) in [7, 11) is 0. The largest absolute Gasteiger partial charge is 0.411 e. The number of piperazine rings is 1. The van der Waals surface area contributed by atoms with Crippen molar-refractivity contribution in [3.05, 3.63) is 23.4 Å². The van der Waals surface area contributed by atoms with Crippen LogP contribution in [0.15, 0.2) is 17.4 Å². The van der Waals surface area contributed by atoms with Crippen molar-refractivity contribution >= 4 is 12.0 Å². The Morgan fingerprint density at radius 2 is 2.25 bits per heavy atom. The highest BCUT2D eigenvalue weighted by Crippen LogP contribution is 2.15. The van der Waals surface area contributed by atoms with E-state index in [2.05, 4.69) is 20.4 Å². The summed E-state index contributed by atoms with van der Waals surface area (Å²) >= 11 is 0. The Morgan fingerprint density at radius 3 is 2.88 bits per heavy atom. The Bertz CT molecular complexity index is 386.